The van der Waals surface area contributed by atoms with Crippen molar-refractivity contribution in [2.24, 2.45) is 0 Å². The predicted molar refractivity (Wildman–Crippen MR) is 54.9 cm³/mol. The summed E-state index contributed by atoms with van der Waals surface area (Å²) >= 11 is 0. The summed E-state index contributed by atoms with van der Waals surface area (Å²) in [5.74, 6) is -0.216. The molecule has 0 radical (unpaired) electrons. The van der Waals surface area contributed by atoms with Crippen molar-refractivity contribution in [2.75, 3.05) is 12.0 Å². The molecule has 0 saturated carbocycles. The molecule has 0 saturated heterocycles. The summed E-state index contributed by atoms with van der Waals surface area (Å²) in [6, 6.07) is 0. The molecule has 1 atom stereocenters. The molecule has 1 unspecified atom stereocenters. The van der Waals surface area contributed by atoms with Gasteiger partial charge < -0.3 is 5.11 Å². The van der Waals surface area contributed by atoms with Crippen LogP contribution in [0.3, 0.4) is 0 Å². The lowest BCUT2D eigenvalue weighted by atomic mass is 9.96. The van der Waals surface area contributed by atoms with E-state index in [1.54, 1.807) is 0 Å². The second-order valence-corrected chi connectivity index (χ2v) is 6.61. The molecule has 0 aromatic heterocycles. The van der Waals surface area contributed by atoms with Crippen LogP contribution in [0.2, 0.25) is 0 Å². The van der Waals surface area contributed by atoms with Crippen molar-refractivity contribution in [3.05, 3.63) is 0 Å². The Morgan fingerprint density at radius 2 is 1.62 bits per heavy atom. The second kappa shape index (κ2) is 5.35. The summed E-state index contributed by atoms with van der Waals surface area (Å²) in [7, 11) is -3.19. The highest BCUT2D eigenvalue weighted by Gasteiger charge is 2.29. The number of alkyl halides is 3. The monoisotopic (exact) mass is 262 g/mol. The van der Waals surface area contributed by atoms with Crippen LogP contribution in [-0.2, 0) is 9.84 Å². The molecule has 3 nitrogen and oxygen atoms in total. The highest BCUT2D eigenvalue weighted by Crippen LogP contribution is 2.26. The summed E-state index contributed by atoms with van der Waals surface area (Å²) in [4.78, 5) is 0. The first-order valence-electron chi connectivity index (χ1n) is 4.88. The van der Waals surface area contributed by atoms with Crippen molar-refractivity contribution in [3.63, 3.8) is 0 Å². The van der Waals surface area contributed by atoms with E-state index in [1.807, 2.05) is 0 Å². The van der Waals surface area contributed by atoms with Crippen LogP contribution >= 0.6 is 0 Å². The smallest absolute Gasteiger partial charge is 0.389 e. The third kappa shape index (κ3) is 10.2. The Labute approximate surface area is 93.6 Å². The molecule has 0 aromatic carbocycles. The van der Waals surface area contributed by atoms with Gasteiger partial charge in [0.05, 0.1) is 11.4 Å². The lowest BCUT2D eigenvalue weighted by Gasteiger charge is -2.22. The quantitative estimate of drug-likeness (QED) is 0.795. The van der Waals surface area contributed by atoms with Crippen LogP contribution in [0.5, 0.6) is 0 Å². The van der Waals surface area contributed by atoms with E-state index >= 15 is 0 Å². The molecule has 7 heteroatoms. The van der Waals surface area contributed by atoms with Gasteiger partial charge in [0, 0.05) is 12.7 Å². The van der Waals surface area contributed by atoms with E-state index in [1.165, 1.54) is 6.92 Å². The third-order valence-corrected chi connectivity index (χ3v) is 3.13. The molecule has 0 aliphatic rings. The zero-order valence-corrected chi connectivity index (χ0v) is 10.2. The summed E-state index contributed by atoms with van der Waals surface area (Å²) in [6.07, 6.45) is -4.44. The predicted octanol–water partition coefficient (Wildman–Crippen LogP) is 1.90. The molecular weight excluding hydrogens is 245 g/mol. The lowest BCUT2D eigenvalue weighted by Crippen LogP contribution is -2.27. The Kier molecular flexibility index (Phi) is 5.25. The van der Waals surface area contributed by atoms with Gasteiger partial charge in [-0.3, -0.25) is 0 Å². The number of rotatable bonds is 6. The third-order valence-electron chi connectivity index (χ3n) is 2.19. The fraction of sp³-hybridized carbons (Fsp3) is 1.00. The average molecular weight is 262 g/mol. The topological polar surface area (TPSA) is 54.4 Å². The first-order chi connectivity index (χ1) is 6.91. The Balaban J connectivity index is 3.97. The molecule has 0 aliphatic heterocycles. The van der Waals surface area contributed by atoms with E-state index < -0.39 is 28.0 Å². The number of halogens is 3. The van der Waals surface area contributed by atoms with Crippen LogP contribution in [0.15, 0.2) is 0 Å². The molecule has 0 spiro atoms. The van der Waals surface area contributed by atoms with E-state index in [0.29, 0.717) is 0 Å². The van der Waals surface area contributed by atoms with Gasteiger partial charge in [0.15, 0.2) is 0 Å². The Morgan fingerprint density at radius 3 is 2.00 bits per heavy atom. The first kappa shape index (κ1) is 15.7. The van der Waals surface area contributed by atoms with E-state index in [-0.39, 0.29) is 25.0 Å². The fourth-order valence-corrected chi connectivity index (χ4v) is 2.01. The van der Waals surface area contributed by atoms with Gasteiger partial charge in [0.25, 0.3) is 0 Å². The standard InChI is InChI=1S/C9H17F3O3S/c1-8(13,6-7-16(2,14)15)4-3-5-9(10,11)12/h13H,3-7H2,1-2H3. The summed E-state index contributed by atoms with van der Waals surface area (Å²) in [5.41, 5.74) is -1.35. The summed E-state index contributed by atoms with van der Waals surface area (Å²) in [6.45, 7) is 1.36. The van der Waals surface area contributed by atoms with Gasteiger partial charge in [0.2, 0.25) is 0 Å². The van der Waals surface area contributed by atoms with Gasteiger partial charge in [-0.25, -0.2) is 8.42 Å². The largest absolute Gasteiger partial charge is 0.390 e. The molecule has 0 aliphatic carbocycles. The van der Waals surface area contributed by atoms with Crippen LogP contribution in [0.25, 0.3) is 0 Å². The maximum Gasteiger partial charge on any atom is 0.389 e. The Bertz CT molecular complexity index is 306. The van der Waals surface area contributed by atoms with Crippen molar-refractivity contribution >= 4 is 9.84 Å². The van der Waals surface area contributed by atoms with Crippen molar-refractivity contribution in [2.45, 2.75) is 44.4 Å². The zero-order chi connectivity index (χ0) is 13.0. The molecule has 1 N–H and O–H groups in total. The van der Waals surface area contributed by atoms with Gasteiger partial charge in [-0.05, 0) is 26.2 Å². The van der Waals surface area contributed by atoms with Gasteiger partial charge in [-0.15, -0.1) is 0 Å². The Morgan fingerprint density at radius 1 is 1.12 bits per heavy atom. The van der Waals surface area contributed by atoms with Gasteiger partial charge >= 0.3 is 6.18 Å². The zero-order valence-electron chi connectivity index (χ0n) is 9.34. The summed E-state index contributed by atoms with van der Waals surface area (Å²) < 4.78 is 57.1. The molecule has 0 rings (SSSR count). The van der Waals surface area contributed by atoms with Gasteiger partial charge in [0.1, 0.15) is 9.84 Å². The van der Waals surface area contributed by atoms with Crippen LogP contribution < -0.4 is 0 Å². The molecule has 0 fully saturated rings. The van der Waals surface area contributed by atoms with E-state index in [2.05, 4.69) is 0 Å². The normalized spacial score (nSPS) is 17.1. The number of hydrogen-bond donors (Lipinski definition) is 1. The van der Waals surface area contributed by atoms with Crippen LogP contribution in [0.1, 0.15) is 32.6 Å². The first-order valence-corrected chi connectivity index (χ1v) is 6.94. The minimum Gasteiger partial charge on any atom is -0.390 e. The van der Waals surface area contributed by atoms with E-state index in [9.17, 15) is 26.7 Å². The second-order valence-electron chi connectivity index (χ2n) is 4.35. The van der Waals surface area contributed by atoms with Crippen LogP contribution in [0.4, 0.5) is 13.2 Å². The molecule has 0 heterocycles. The number of aliphatic hydroxyl groups is 1. The highest BCUT2D eigenvalue weighted by atomic mass is 32.2. The van der Waals surface area contributed by atoms with E-state index in [4.69, 9.17) is 0 Å². The van der Waals surface area contributed by atoms with Crippen LogP contribution in [-0.4, -0.2) is 37.3 Å². The average Bonchev–Trinajstić information content (AvgIpc) is 1.97. The minimum atomic E-state index is -4.23. The highest BCUT2D eigenvalue weighted by molar-refractivity contribution is 7.90. The van der Waals surface area contributed by atoms with Gasteiger partial charge in [-0.2, -0.15) is 13.2 Å². The van der Waals surface area contributed by atoms with Crippen molar-refractivity contribution < 1.29 is 26.7 Å². The van der Waals surface area contributed by atoms with Crippen LogP contribution in [0, 0.1) is 0 Å². The molecule has 16 heavy (non-hydrogen) atoms. The summed E-state index contributed by atoms with van der Waals surface area (Å²) in [5, 5.41) is 9.64. The fourth-order valence-electron chi connectivity index (χ4n) is 1.20. The maximum absolute atomic E-state index is 11.8. The Hall–Kier alpha value is -0.300. The number of hydrogen-bond acceptors (Lipinski definition) is 3. The molecule has 0 amide bonds. The molecule has 98 valence electrons. The SMILES string of the molecule is CC(O)(CCCC(F)(F)F)CCS(C)(=O)=O. The molecule has 0 aromatic rings. The molecular formula is C9H17F3O3S. The lowest BCUT2D eigenvalue weighted by molar-refractivity contribution is -0.137. The van der Waals surface area contributed by atoms with Crippen molar-refractivity contribution in [3.8, 4) is 0 Å². The van der Waals surface area contributed by atoms with Crippen molar-refractivity contribution in [1.29, 1.82) is 0 Å². The van der Waals surface area contributed by atoms with Gasteiger partial charge in [-0.1, -0.05) is 0 Å². The number of sulfone groups is 1. The minimum absolute atomic E-state index is 0.0380. The maximum atomic E-state index is 11.8. The van der Waals surface area contributed by atoms with E-state index in [0.717, 1.165) is 6.26 Å². The van der Waals surface area contributed by atoms with Crippen molar-refractivity contribution in [1.82, 2.24) is 0 Å². The molecule has 0 bridgehead atoms.